The molecule has 1 N–H and O–H groups in total. The number of anilines is 1. The highest BCUT2D eigenvalue weighted by atomic mass is 79.9. The van der Waals surface area contributed by atoms with Crippen LogP contribution in [0.1, 0.15) is 0 Å². The Hall–Kier alpha value is -1.14. The minimum absolute atomic E-state index is 0.325. The van der Waals surface area contributed by atoms with Crippen molar-refractivity contribution in [1.82, 2.24) is 4.98 Å². The molecule has 2 nitrogen and oxygen atoms in total. The Labute approximate surface area is 110 Å². The van der Waals surface area contributed by atoms with Crippen LogP contribution in [-0.2, 0) is 0 Å². The zero-order valence-corrected chi connectivity index (χ0v) is 10.9. The molecule has 0 saturated carbocycles. The van der Waals surface area contributed by atoms with E-state index in [9.17, 15) is 8.78 Å². The molecular formula is C11H7BrF2N2S. The van der Waals surface area contributed by atoms with Gasteiger partial charge < -0.3 is 4.72 Å². The van der Waals surface area contributed by atoms with Gasteiger partial charge in [0.1, 0.15) is 11.6 Å². The van der Waals surface area contributed by atoms with Crippen LogP contribution in [0.4, 0.5) is 14.5 Å². The molecule has 0 bridgehead atoms. The van der Waals surface area contributed by atoms with Gasteiger partial charge in [0.15, 0.2) is 0 Å². The van der Waals surface area contributed by atoms with Gasteiger partial charge in [-0.2, -0.15) is 0 Å². The van der Waals surface area contributed by atoms with E-state index in [1.807, 2.05) is 0 Å². The Morgan fingerprint density at radius 2 is 2.00 bits per heavy atom. The maximum Gasteiger partial charge on any atom is 0.141 e. The molecule has 0 unspecified atom stereocenters. The minimum atomic E-state index is -0.592. The van der Waals surface area contributed by atoms with E-state index in [0.717, 1.165) is 28.2 Å². The zero-order chi connectivity index (χ0) is 12.3. The first kappa shape index (κ1) is 12.3. The lowest BCUT2D eigenvalue weighted by molar-refractivity contribution is 0.566. The predicted octanol–water partition coefficient (Wildman–Crippen LogP) is 4.24. The van der Waals surface area contributed by atoms with Crippen molar-refractivity contribution in [2.75, 3.05) is 4.72 Å². The molecule has 0 saturated heterocycles. The first-order chi connectivity index (χ1) is 8.15. The van der Waals surface area contributed by atoms with Crippen molar-refractivity contribution in [3.63, 3.8) is 0 Å². The summed E-state index contributed by atoms with van der Waals surface area (Å²) in [6.07, 6.45) is 3.26. The van der Waals surface area contributed by atoms with Crippen LogP contribution in [0.25, 0.3) is 0 Å². The highest BCUT2D eigenvalue weighted by molar-refractivity contribution is 9.10. The van der Waals surface area contributed by atoms with Crippen LogP contribution in [0.15, 0.2) is 46.0 Å². The molecule has 2 aromatic rings. The molecule has 0 fully saturated rings. The highest BCUT2D eigenvalue weighted by Gasteiger charge is 2.04. The number of nitrogens with zero attached hydrogens (tertiary/aromatic N) is 1. The summed E-state index contributed by atoms with van der Waals surface area (Å²) in [5.74, 6) is -1.18. The van der Waals surface area contributed by atoms with E-state index < -0.39 is 11.6 Å². The number of halogens is 3. The predicted molar refractivity (Wildman–Crippen MR) is 67.8 cm³/mol. The quantitative estimate of drug-likeness (QED) is 0.857. The number of benzene rings is 1. The number of hydrogen-bond donors (Lipinski definition) is 1. The number of aromatic nitrogens is 1. The Kier molecular flexibility index (Phi) is 3.96. The van der Waals surface area contributed by atoms with Crippen molar-refractivity contribution in [3.8, 4) is 0 Å². The molecule has 1 heterocycles. The summed E-state index contributed by atoms with van der Waals surface area (Å²) in [6.45, 7) is 0. The molecule has 0 aliphatic heterocycles. The second kappa shape index (κ2) is 5.46. The van der Waals surface area contributed by atoms with Gasteiger partial charge in [-0.15, -0.1) is 0 Å². The van der Waals surface area contributed by atoms with Crippen molar-refractivity contribution in [3.05, 3.63) is 52.8 Å². The lowest BCUT2D eigenvalue weighted by Gasteiger charge is -2.06. The Morgan fingerprint density at radius 3 is 2.71 bits per heavy atom. The Balaban J connectivity index is 2.07. The largest absolute Gasteiger partial charge is 0.324 e. The van der Waals surface area contributed by atoms with Gasteiger partial charge in [0.2, 0.25) is 0 Å². The van der Waals surface area contributed by atoms with E-state index in [1.54, 1.807) is 18.5 Å². The standard InChI is InChI=1S/C11H7BrF2N2S/c12-7-3-9(6-15-5-7)16-17-11-2-1-8(13)4-10(11)14/h1-6,16H. The SMILES string of the molecule is Fc1ccc(SNc2cncc(Br)c2)c(F)c1. The summed E-state index contributed by atoms with van der Waals surface area (Å²) in [4.78, 5) is 4.28. The molecule has 0 atom stereocenters. The maximum absolute atomic E-state index is 13.3. The van der Waals surface area contributed by atoms with Gasteiger partial charge in [0.25, 0.3) is 0 Å². The average molecular weight is 317 g/mol. The van der Waals surface area contributed by atoms with E-state index in [-0.39, 0.29) is 0 Å². The molecule has 0 aliphatic carbocycles. The Bertz CT molecular complexity index is 537. The van der Waals surface area contributed by atoms with Crippen LogP contribution in [0.3, 0.4) is 0 Å². The number of pyridine rings is 1. The Morgan fingerprint density at radius 1 is 1.18 bits per heavy atom. The second-order valence-corrected chi connectivity index (χ2v) is 4.93. The van der Waals surface area contributed by atoms with Gasteiger partial charge in [-0.25, -0.2) is 8.78 Å². The lowest BCUT2D eigenvalue weighted by Crippen LogP contribution is -1.90. The second-order valence-electron chi connectivity index (χ2n) is 3.17. The number of nitrogens with one attached hydrogen (secondary N) is 1. The highest BCUT2D eigenvalue weighted by Crippen LogP contribution is 2.25. The fourth-order valence-corrected chi connectivity index (χ4v) is 2.14. The van der Waals surface area contributed by atoms with Crippen molar-refractivity contribution in [2.24, 2.45) is 0 Å². The summed E-state index contributed by atoms with van der Waals surface area (Å²) in [7, 11) is 0. The van der Waals surface area contributed by atoms with E-state index in [4.69, 9.17) is 0 Å². The molecule has 17 heavy (non-hydrogen) atoms. The van der Waals surface area contributed by atoms with E-state index in [1.165, 1.54) is 12.1 Å². The van der Waals surface area contributed by atoms with Crippen molar-refractivity contribution in [2.45, 2.75) is 4.90 Å². The fourth-order valence-electron chi connectivity index (χ4n) is 1.14. The van der Waals surface area contributed by atoms with Crippen LogP contribution in [0, 0.1) is 11.6 Å². The monoisotopic (exact) mass is 316 g/mol. The van der Waals surface area contributed by atoms with Crippen molar-refractivity contribution >= 4 is 33.6 Å². The summed E-state index contributed by atoms with van der Waals surface area (Å²) < 4.78 is 29.7. The summed E-state index contributed by atoms with van der Waals surface area (Å²) in [6, 6.07) is 5.25. The zero-order valence-electron chi connectivity index (χ0n) is 8.45. The van der Waals surface area contributed by atoms with Crippen LogP contribution in [0.5, 0.6) is 0 Å². The fraction of sp³-hybridized carbons (Fsp3) is 0. The van der Waals surface area contributed by atoms with Gasteiger partial charge in [-0.1, -0.05) is 0 Å². The smallest absolute Gasteiger partial charge is 0.141 e. The molecule has 6 heteroatoms. The third-order valence-corrected chi connectivity index (χ3v) is 3.20. The van der Waals surface area contributed by atoms with Crippen LogP contribution in [-0.4, -0.2) is 4.98 Å². The van der Waals surface area contributed by atoms with Crippen molar-refractivity contribution < 1.29 is 8.78 Å². The molecule has 88 valence electrons. The summed E-state index contributed by atoms with van der Waals surface area (Å²) in [5, 5.41) is 0. The average Bonchev–Trinajstić information content (AvgIpc) is 2.28. The molecular weight excluding hydrogens is 310 g/mol. The van der Waals surface area contributed by atoms with Crippen LogP contribution < -0.4 is 4.72 Å². The van der Waals surface area contributed by atoms with Gasteiger partial charge >= 0.3 is 0 Å². The maximum atomic E-state index is 13.3. The van der Waals surface area contributed by atoms with E-state index in [0.29, 0.717) is 4.90 Å². The number of rotatable bonds is 3. The number of hydrogen-bond acceptors (Lipinski definition) is 3. The minimum Gasteiger partial charge on any atom is -0.324 e. The molecule has 1 aromatic carbocycles. The van der Waals surface area contributed by atoms with Gasteiger partial charge in [-0.3, -0.25) is 4.98 Å². The van der Waals surface area contributed by atoms with E-state index >= 15 is 0 Å². The third kappa shape index (κ3) is 3.41. The topological polar surface area (TPSA) is 24.9 Å². The molecule has 0 amide bonds. The molecule has 0 aliphatic rings. The van der Waals surface area contributed by atoms with E-state index in [2.05, 4.69) is 25.6 Å². The summed E-state index contributed by atoms with van der Waals surface area (Å²) in [5.41, 5.74) is 0.730. The van der Waals surface area contributed by atoms with Gasteiger partial charge in [0.05, 0.1) is 16.8 Å². The van der Waals surface area contributed by atoms with Gasteiger partial charge in [-0.05, 0) is 46.1 Å². The molecule has 2 rings (SSSR count). The van der Waals surface area contributed by atoms with Crippen LogP contribution in [0.2, 0.25) is 0 Å². The first-order valence-electron chi connectivity index (χ1n) is 4.63. The van der Waals surface area contributed by atoms with Gasteiger partial charge in [0, 0.05) is 16.7 Å². The molecule has 0 spiro atoms. The first-order valence-corrected chi connectivity index (χ1v) is 6.24. The molecule has 0 radical (unpaired) electrons. The summed E-state index contributed by atoms with van der Waals surface area (Å²) >= 11 is 4.34. The third-order valence-electron chi connectivity index (χ3n) is 1.88. The normalized spacial score (nSPS) is 10.3. The lowest BCUT2D eigenvalue weighted by atomic mass is 10.3. The van der Waals surface area contributed by atoms with Crippen molar-refractivity contribution in [1.29, 1.82) is 0 Å². The van der Waals surface area contributed by atoms with Crippen LogP contribution >= 0.6 is 27.9 Å². The molecule has 1 aromatic heterocycles.